The molecule has 92 valence electrons. The van der Waals surface area contributed by atoms with Crippen LogP contribution in [0, 0.1) is 0 Å². The first-order valence-electron chi connectivity index (χ1n) is 5.00. The SMILES string of the molecule is CC1(C)Oc2cc(C(N)C(=O)O)cc(Cl)c2O1. The number of halogens is 1. The highest BCUT2D eigenvalue weighted by Crippen LogP contribution is 2.45. The van der Waals surface area contributed by atoms with Gasteiger partial charge in [-0.05, 0) is 17.7 Å². The summed E-state index contributed by atoms with van der Waals surface area (Å²) in [7, 11) is 0. The van der Waals surface area contributed by atoms with Crippen molar-refractivity contribution >= 4 is 17.6 Å². The predicted octanol–water partition coefficient (Wildman–Crippen LogP) is 1.93. The lowest BCUT2D eigenvalue weighted by Gasteiger charge is -2.16. The second kappa shape index (κ2) is 3.78. The van der Waals surface area contributed by atoms with Gasteiger partial charge in [-0.3, -0.25) is 4.79 Å². The van der Waals surface area contributed by atoms with Crippen molar-refractivity contribution < 1.29 is 19.4 Å². The maximum Gasteiger partial charge on any atom is 0.325 e. The predicted molar refractivity (Wildman–Crippen MR) is 61.4 cm³/mol. The van der Waals surface area contributed by atoms with Gasteiger partial charge in [0.1, 0.15) is 6.04 Å². The molecule has 0 saturated carbocycles. The topological polar surface area (TPSA) is 81.8 Å². The minimum absolute atomic E-state index is 0.291. The minimum atomic E-state index is -1.13. The lowest BCUT2D eigenvalue weighted by molar-refractivity contribution is -0.138. The molecule has 1 aliphatic rings. The first-order chi connectivity index (χ1) is 7.80. The van der Waals surface area contributed by atoms with Gasteiger partial charge in [0.2, 0.25) is 5.79 Å². The summed E-state index contributed by atoms with van der Waals surface area (Å²) in [5.74, 6) is -1.11. The van der Waals surface area contributed by atoms with Gasteiger partial charge in [0.05, 0.1) is 5.02 Å². The van der Waals surface area contributed by atoms with E-state index < -0.39 is 17.8 Å². The van der Waals surface area contributed by atoms with E-state index in [1.54, 1.807) is 13.8 Å². The molecule has 1 aromatic rings. The van der Waals surface area contributed by atoms with E-state index in [0.717, 1.165) is 0 Å². The Morgan fingerprint density at radius 3 is 2.71 bits per heavy atom. The molecular weight excluding hydrogens is 246 g/mol. The van der Waals surface area contributed by atoms with Gasteiger partial charge in [-0.1, -0.05) is 11.6 Å². The number of hydrogen-bond acceptors (Lipinski definition) is 4. The molecule has 0 spiro atoms. The molecule has 5 nitrogen and oxygen atoms in total. The normalized spacial score (nSPS) is 17.9. The highest BCUT2D eigenvalue weighted by atomic mass is 35.5. The molecule has 3 N–H and O–H groups in total. The van der Waals surface area contributed by atoms with Crippen LogP contribution in [0.5, 0.6) is 11.5 Å². The van der Waals surface area contributed by atoms with Crippen molar-refractivity contribution in [2.45, 2.75) is 25.7 Å². The van der Waals surface area contributed by atoms with E-state index in [0.29, 0.717) is 22.1 Å². The van der Waals surface area contributed by atoms with Crippen LogP contribution < -0.4 is 15.2 Å². The zero-order valence-corrected chi connectivity index (χ0v) is 10.1. The van der Waals surface area contributed by atoms with Gasteiger partial charge in [0.25, 0.3) is 0 Å². The van der Waals surface area contributed by atoms with Crippen LogP contribution in [0.2, 0.25) is 5.02 Å². The van der Waals surface area contributed by atoms with Crippen LogP contribution in [-0.2, 0) is 4.79 Å². The molecule has 0 saturated heterocycles. The van der Waals surface area contributed by atoms with Crippen LogP contribution in [0.4, 0.5) is 0 Å². The summed E-state index contributed by atoms with van der Waals surface area (Å²) in [6.07, 6.45) is 0. The number of fused-ring (bicyclic) bond motifs is 1. The number of nitrogens with two attached hydrogens (primary N) is 1. The van der Waals surface area contributed by atoms with Gasteiger partial charge in [0.15, 0.2) is 11.5 Å². The number of carboxylic acid groups (broad SMARTS) is 1. The lowest BCUT2D eigenvalue weighted by atomic mass is 10.1. The Labute approximate surface area is 103 Å². The Morgan fingerprint density at radius 2 is 2.12 bits per heavy atom. The van der Waals surface area contributed by atoms with Gasteiger partial charge in [-0.15, -0.1) is 0 Å². The van der Waals surface area contributed by atoms with Crippen molar-refractivity contribution in [1.29, 1.82) is 0 Å². The Kier molecular flexibility index (Phi) is 2.67. The number of hydrogen-bond donors (Lipinski definition) is 2. The molecule has 2 rings (SSSR count). The minimum Gasteiger partial charge on any atom is -0.480 e. The maximum atomic E-state index is 10.8. The average Bonchev–Trinajstić information content (AvgIpc) is 2.51. The van der Waals surface area contributed by atoms with Crippen molar-refractivity contribution in [1.82, 2.24) is 0 Å². The van der Waals surface area contributed by atoms with Gasteiger partial charge < -0.3 is 20.3 Å². The van der Waals surface area contributed by atoms with Crippen LogP contribution in [0.1, 0.15) is 25.5 Å². The number of ether oxygens (including phenoxy) is 2. The fourth-order valence-electron chi connectivity index (χ4n) is 1.62. The lowest BCUT2D eigenvalue weighted by Crippen LogP contribution is -2.29. The van der Waals surface area contributed by atoms with Crippen LogP contribution in [0.25, 0.3) is 0 Å². The van der Waals surface area contributed by atoms with E-state index in [2.05, 4.69) is 0 Å². The second-order valence-electron chi connectivity index (χ2n) is 4.25. The molecule has 0 radical (unpaired) electrons. The quantitative estimate of drug-likeness (QED) is 0.846. The Hall–Kier alpha value is -1.46. The van der Waals surface area contributed by atoms with Crippen molar-refractivity contribution in [3.63, 3.8) is 0 Å². The third-order valence-electron chi connectivity index (χ3n) is 2.36. The fraction of sp³-hybridized carbons (Fsp3) is 0.364. The molecule has 1 heterocycles. The van der Waals surface area contributed by atoms with E-state index in [9.17, 15) is 4.79 Å². The average molecular weight is 258 g/mol. The van der Waals surface area contributed by atoms with E-state index >= 15 is 0 Å². The Morgan fingerprint density at radius 1 is 1.47 bits per heavy atom. The Bertz CT molecular complexity index is 487. The third kappa shape index (κ3) is 2.16. The summed E-state index contributed by atoms with van der Waals surface area (Å²) < 4.78 is 11.0. The van der Waals surface area contributed by atoms with Crippen LogP contribution >= 0.6 is 11.6 Å². The van der Waals surface area contributed by atoms with Crippen molar-refractivity contribution in [3.05, 3.63) is 22.7 Å². The standard InChI is InChI=1S/C11H12ClNO4/c1-11(2)16-7-4-5(8(13)10(14)15)3-6(12)9(7)17-11/h3-4,8H,13H2,1-2H3,(H,14,15). The van der Waals surface area contributed by atoms with Crippen molar-refractivity contribution in [2.24, 2.45) is 5.73 Å². The molecular formula is C11H12ClNO4. The van der Waals surface area contributed by atoms with E-state index in [-0.39, 0.29) is 0 Å². The molecule has 0 bridgehead atoms. The molecule has 0 fully saturated rings. The van der Waals surface area contributed by atoms with Crippen LogP contribution in [0.15, 0.2) is 12.1 Å². The zero-order valence-electron chi connectivity index (χ0n) is 9.36. The number of benzene rings is 1. The first-order valence-corrected chi connectivity index (χ1v) is 5.38. The number of aliphatic carboxylic acids is 1. The summed E-state index contributed by atoms with van der Waals surface area (Å²) in [6.45, 7) is 3.47. The van der Waals surface area contributed by atoms with Gasteiger partial charge in [0, 0.05) is 13.8 Å². The van der Waals surface area contributed by atoms with Gasteiger partial charge >= 0.3 is 5.97 Å². The third-order valence-corrected chi connectivity index (χ3v) is 2.64. The van der Waals surface area contributed by atoms with Crippen molar-refractivity contribution in [2.75, 3.05) is 0 Å². The van der Waals surface area contributed by atoms with Crippen LogP contribution in [-0.4, -0.2) is 16.9 Å². The monoisotopic (exact) mass is 257 g/mol. The van der Waals surface area contributed by atoms with E-state index in [1.165, 1.54) is 12.1 Å². The van der Waals surface area contributed by atoms with Crippen molar-refractivity contribution in [3.8, 4) is 11.5 Å². The van der Waals surface area contributed by atoms with E-state index in [1.807, 2.05) is 0 Å². The summed E-state index contributed by atoms with van der Waals surface area (Å²) in [5, 5.41) is 9.13. The van der Waals surface area contributed by atoms with Crippen LogP contribution in [0.3, 0.4) is 0 Å². The van der Waals surface area contributed by atoms with Gasteiger partial charge in [-0.2, -0.15) is 0 Å². The molecule has 0 aliphatic carbocycles. The highest BCUT2D eigenvalue weighted by Gasteiger charge is 2.34. The second-order valence-corrected chi connectivity index (χ2v) is 4.66. The molecule has 6 heteroatoms. The largest absolute Gasteiger partial charge is 0.480 e. The number of carboxylic acids is 1. The number of carbonyl (C=O) groups is 1. The first kappa shape index (κ1) is 12.0. The summed E-state index contributed by atoms with van der Waals surface area (Å²) in [6, 6.07) is 1.88. The molecule has 1 aromatic carbocycles. The number of rotatable bonds is 2. The molecule has 1 atom stereocenters. The summed E-state index contributed by atoms with van der Waals surface area (Å²) in [4.78, 5) is 10.8. The summed E-state index contributed by atoms with van der Waals surface area (Å²) >= 11 is 6.00. The molecule has 1 aliphatic heterocycles. The fourth-order valence-corrected chi connectivity index (χ4v) is 1.87. The maximum absolute atomic E-state index is 10.8. The highest BCUT2D eigenvalue weighted by molar-refractivity contribution is 6.32. The molecule has 0 amide bonds. The van der Waals surface area contributed by atoms with Gasteiger partial charge in [-0.25, -0.2) is 0 Å². The zero-order chi connectivity index (χ0) is 12.8. The molecule has 0 aromatic heterocycles. The molecule has 1 unspecified atom stereocenters. The smallest absolute Gasteiger partial charge is 0.325 e. The Balaban J connectivity index is 2.44. The summed E-state index contributed by atoms with van der Waals surface area (Å²) in [5.41, 5.74) is 5.89. The molecule has 17 heavy (non-hydrogen) atoms. The van der Waals surface area contributed by atoms with E-state index in [4.69, 9.17) is 31.9 Å².